The summed E-state index contributed by atoms with van der Waals surface area (Å²) in [6.07, 6.45) is 2.08. The predicted molar refractivity (Wildman–Crippen MR) is 38.8 cm³/mol. The van der Waals surface area contributed by atoms with Crippen LogP contribution in [0.4, 0.5) is 0 Å². The number of rotatable bonds is 0. The number of halogens is 1. The average molecular weight is 164 g/mol. The molecule has 0 spiro atoms. The van der Waals surface area contributed by atoms with E-state index >= 15 is 0 Å². The molecule has 0 aliphatic carbocycles. The molecule has 0 aromatic carbocycles. The van der Waals surface area contributed by atoms with Gasteiger partial charge in [0.05, 0.1) is 0 Å². The van der Waals surface area contributed by atoms with Crippen molar-refractivity contribution in [1.29, 1.82) is 0 Å². The second-order valence-electron chi connectivity index (χ2n) is 2.59. The Kier molecular flexibility index (Phi) is 2.16. The molecular weight excluding hydrogens is 154 g/mol. The molecule has 0 saturated heterocycles. The second-order valence-corrected chi connectivity index (χ2v) is 3.02. The monoisotopic (exact) mass is 163 g/mol. The van der Waals surface area contributed by atoms with E-state index in [1.807, 2.05) is 0 Å². The van der Waals surface area contributed by atoms with E-state index in [-0.39, 0.29) is 0 Å². The molecule has 3 nitrogen and oxygen atoms in total. The molecule has 1 aliphatic heterocycles. The van der Waals surface area contributed by atoms with Crippen molar-refractivity contribution in [2.75, 3.05) is 0 Å². The lowest BCUT2D eigenvalue weighted by Gasteiger charge is -2.17. The van der Waals surface area contributed by atoms with Gasteiger partial charge in [0.25, 0.3) is 0 Å². The highest BCUT2D eigenvalue weighted by molar-refractivity contribution is 6.65. The Morgan fingerprint density at radius 2 is 2.50 bits per heavy atom. The Labute approximate surface area is 64.6 Å². The van der Waals surface area contributed by atoms with Gasteiger partial charge < -0.3 is 9.94 Å². The highest BCUT2D eigenvalue weighted by atomic mass is 35.5. The van der Waals surface area contributed by atoms with E-state index in [0.717, 1.165) is 6.42 Å². The number of hydrogen-bond donors (Lipinski definition) is 1. The summed E-state index contributed by atoms with van der Waals surface area (Å²) in [5, 5.41) is 13.2. The summed E-state index contributed by atoms with van der Waals surface area (Å²) >= 11 is 5.56. The molecule has 58 valence electrons. The number of nitrogens with zero attached hydrogens (tertiary/aromatic N) is 1. The van der Waals surface area contributed by atoms with Crippen LogP contribution in [0.5, 0.6) is 0 Å². The van der Waals surface area contributed by atoms with Crippen molar-refractivity contribution in [2.45, 2.75) is 32.0 Å². The maximum Gasteiger partial charge on any atom is 0.231 e. The van der Waals surface area contributed by atoms with Crippen LogP contribution in [0.3, 0.4) is 0 Å². The first-order chi connectivity index (χ1) is 4.60. The minimum atomic E-state index is -1.13. The number of oxime groups is 1. The van der Waals surface area contributed by atoms with Gasteiger partial charge in [-0.3, -0.25) is 0 Å². The molecule has 0 aromatic rings. The van der Waals surface area contributed by atoms with Crippen molar-refractivity contribution in [1.82, 2.24) is 0 Å². The molecule has 4 heteroatoms. The lowest BCUT2D eigenvalue weighted by Crippen LogP contribution is -2.24. The fourth-order valence-electron chi connectivity index (χ4n) is 0.801. The molecule has 0 radical (unpaired) electrons. The number of hydrogen-bond acceptors (Lipinski definition) is 3. The molecular formula is C6H10ClNO2. The topological polar surface area (TPSA) is 41.8 Å². The summed E-state index contributed by atoms with van der Waals surface area (Å²) in [7, 11) is 0. The van der Waals surface area contributed by atoms with E-state index in [9.17, 15) is 5.11 Å². The second kappa shape index (κ2) is 2.76. The van der Waals surface area contributed by atoms with Crippen molar-refractivity contribution in [3.8, 4) is 0 Å². The largest absolute Gasteiger partial charge is 0.360 e. The Balaban J connectivity index is 2.57. The maximum absolute atomic E-state index is 9.28. The summed E-state index contributed by atoms with van der Waals surface area (Å²) in [6.45, 7) is 1.58. The molecule has 10 heavy (non-hydrogen) atoms. The molecule has 1 N–H and O–H groups in total. The molecule has 1 unspecified atom stereocenters. The predicted octanol–water partition coefficient (Wildman–Crippen LogP) is 1.45. The van der Waals surface area contributed by atoms with Gasteiger partial charge in [0.15, 0.2) is 0 Å². The molecule has 1 atom stereocenters. The van der Waals surface area contributed by atoms with E-state index < -0.39 is 5.79 Å². The Morgan fingerprint density at radius 1 is 1.80 bits per heavy atom. The lowest BCUT2D eigenvalue weighted by atomic mass is 10.1. The quantitative estimate of drug-likeness (QED) is 0.587. The summed E-state index contributed by atoms with van der Waals surface area (Å²) < 4.78 is 0. The van der Waals surface area contributed by atoms with E-state index in [0.29, 0.717) is 18.0 Å². The first kappa shape index (κ1) is 7.82. The average Bonchev–Trinajstić information content (AvgIpc) is 1.94. The van der Waals surface area contributed by atoms with Crippen molar-refractivity contribution >= 4 is 16.8 Å². The van der Waals surface area contributed by atoms with Gasteiger partial charge in [0, 0.05) is 19.8 Å². The third kappa shape index (κ3) is 2.15. The minimum absolute atomic E-state index is 0.428. The third-order valence-corrected chi connectivity index (χ3v) is 1.62. The lowest BCUT2D eigenvalue weighted by molar-refractivity contribution is -0.192. The van der Waals surface area contributed by atoms with Crippen molar-refractivity contribution in [3.63, 3.8) is 0 Å². The molecule has 1 heterocycles. The molecule has 0 amide bonds. The zero-order valence-electron chi connectivity index (χ0n) is 5.80. The molecule has 1 rings (SSSR count). The Morgan fingerprint density at radius 3 is 3.20 bits per heavy atom. The van der Waals surface area contributed by atoms with Crippen LogP contribution in [0.25, 0.3) is 0 Å². The first-order valence-corrected chi connectivity index (χ1v) is 3.61. The van der Waals surface area contributed by atoms with Crippen LogP contribution in [0.2, 0.25) is 0 Å². The first-order valence-electron chi connectivity index (χ1n) is 3.23. The van der Waals surface area contributed by atoms with E-state index in [2.05, 4.69) is 5.16 Å². The van der Waals surface area contributed by atoms with Gasteiger partial charge in [-0.1, -0.05) is 16.8 Å². The van der Waals surface area contributed by atoms with E-state index in [4.69, 9.17) is 16.4 Å². The highest BCUT2D eigenvalue weighted by Gasteiger charge is 2.24. The molecule has 0 aromatic heterocycles. The third-order valence-electron chi connectivity index (χ3n) is 1.37. The van der Waals surface area contributed by atoms with Crippen LogP contribution in [0, 0.1) is 0 Å². The maximum atomic E-state index is 9.28. The highest BCUT2D eigenvalue weighted by Crippen LogP contribution is 2.20. The summed E-state index contributed by atoms with van der Waals surface area (Å²) in [6, 6.07) is 0. The Hall–Kier alpha value is -0.280. The van der Waals surface area contributed by atoms with Gasteiger partial charge in [-0.2, -0.15) is 0 Å². The standard InChI is InChI=1S/C6H10ClNO2/c1-6(9)4-2-3-5(7)8-10-6/h9H,2-4H2,1H3. The zero-order chi connectivity index (χ0) is 7.61. The van der Waals surface area contributed by atoms with Crippen LogP contribution < -0.4 is 0 Å². The van der Waals surface area contributed by atoms with Crippen molar-refractivity contribution < 1.29 is 9.94 Å². The molecule has 0 fully saturated rings. The van der Waals surface area contributed by atoms with Crippen molar-refractivity contribution in [2.24, 2.45) is 5.16 Å². The summed E-state index contributed by atoms with van der Waals surface area (Å²) in [5.74, 6) is -1.13. The SMILES string of the molecule is CC1(O)CCCC(Cl)=NO1. The fourth-order valence-corrected chi connectivity index (χ4v) is 0.970. The normalized spacial score (nSPS) is 34.1. The summed E-state index contributed by atoms with van der Waals surface area (Å²) in [5.41, 5.74) is 0. The van der Waals surface area contributed by atoms with Gasteiger partial charge in [-0.05, 0) is 6.42 Å². The van der Waals surface area contributed by atoms with Crippen LogP contribution in [0.15, 0.2) is 5.16 Å². The van der Waals surface area contributed by atoms with Gasteiger partial charge in [0.1, 0.15) is 5.17 Å². The van der Waals surface area contributed by atoms with Gasteiger partial charge in [-0.25, -0.2) is 0 Å². The van der Waals surface area contributed by atoms with Crippen LogP contribution in [0.1, 0.15) is 26.2 Å². The van der Waals surface area contributed by atoms with Crippen LogP contribution in [-0.4, -0.2) is 16.1 Å². The Bertz CT molecular complexity index is 156. The zero-order valence-corrected chi connectivity index (χ0v) is 6.56. The molecule has 1 aliphatic rings. The van der Waals surface area contributed by atoms with E-state index in [1.54, 1.807) is 6.92 Å². The fraction of sp³-hybridized carbons (Fsp3) is 0.833. The minimum Gasteiger partial charge on any atom is -0.360 e. The van der Waals surface area contributed by atoms with Gasteiger partial charge in [-0.15, -0.1) is 0 Å². The van der Waals surface area contributed by atoms with E-state index in [1.165, 1.54) is 0 Å². The summed E-state index contributed by atoms with van der Waals surface area (Å²) in [4.78, 5) is 4.71. The molecule has 0 bridgehead atoms. The smallest absolute Gasteiger partial charge is 0.231 e. The number of aliphatic hydroxyl groups is 1. The molecule has 0 saturated carbocycles. The van der Waals surface area contributed by atoms with Crippen LogP contribution >= 0.6 is 11.6 Å². The van der Waals surface area contributed by atoms with Gasteiger partial charge in [0.2, 0.25) is 5.79 Å². The van der Waals surface area contributed by atoms with Crippen LogP contribution in [-0.2, 0) is 4.84 Å². The van der Waals surface area contributed by atoms with Gasteiger partial charge >= 0.3 is 0 Å². The van der Waals surface area contributed by atoms with Crippen molar-refractivity contribution in [3.05, 3.63) is 0 Å².